The van der Waals surface area contributed by atoms with Gasteiger partial charge in [0.2, 0.25) is 0 Å². The van der Waals surface area contributed by atoms with Crippen molar-refractivity contribution in [3.63, 3.8) is 0 Å². The van der Waals surface area contributed by atoms with E-state index in [0.29, 0.717) is 28.0 Å². The van der Waals surface area contributed by atoms with Crippen LogP contribution in [-0.2, 0) is 19.4 Å². The first-order chi connectivity index (χ1) is 22.9. The van der Waals surface area contributed by atoms with E-state index in [1.165, 1.54) is 6.92 Å². The van der Waals surface area contributed by atoms with Crippen LogP contribution < -0.4 is 15.9 Å². The lowest BCUT2D eigenvalue weighted by Crippen LogP contribution is -2.63. The number of ether oxygens (including phenoxy) is 1. The number of nitrogens with zero attached hydrogens (tertiary/aromatic N) is 2. The van der Waals surface area contributed by atoms with Gasteiger partial charge in [-0.25, -0.2) is 13.2 Å². The van der Waals surface area contributed by atoms with Crippen LogP contribution in [0.25, 0.3) is 0 Å². The van der Waals surface area contributed by atoms with E-state index in [9.17, 15) is 52.7 Å². The van der Waals surface area contributed by atoms with Crippen molar-refractivity contribution in [3.8, 4) is 0 Å². The second-order valence-corrected chi connectivity index (χ2v) is 15.3. The lowest BCUT2D eigenvalue weighted by Gasteiger charge is -2.33. The first kappa shape index (κ1) is 37.4. The number of hydrogen-bond donors (Lipinski definition) is 0. The summed E-state index contributed by atoms with van der Waals surface area (Å²) < 4.78 is 155. The summed E-state index contributed by atoms with van der Waals surface area (Å²) in [7, 11) is -7.07. The Bertz CT molecular complexity index is 1890. The smallest absolute Gasteiger partial charge is 0.460 e. The maximum Gasteiger partial charge on any atom is 0.460 e. The highest BCUT2D eigenvalue weighted by Crippen LogP contribution is 2.56. The molecule has 0 radical (unpaired) electrons. The highest BCUT2D eigenvalue weighted by molar-refractivity contribution is 7.96. The Kier molecular flexibility index (Phi) is 10.5. The number of rotatable bonds is 11. The second kappa shape index (κ2) is 13.8. The fraction of sp³-hybridized carbons (Fsp3) is 0.188. The average molecular weight is 735 g/mol. The number of alkyl halides is 9. The van der Waals surface area contributed by atoms with Crippen LogP contribution in [0.1, 0.15) is 6.92 Å². The average Bonchev–Trinajstić information content (AvgIpc) is 3.07. The molecule has 49 heavy (non-hydrogen) atoms. The highest BCUT2D eigenvalue weighted by Gasteiger charge is 2.85. The van der Waals surface area contributed by atoms with Gasteiger partial charge in [-0.3, -0.25) is 0 Å². The molecule has 4 rings (SSSR count). The molecule has 0 N–H and O–H groups in total. The fourth-order valence-electron chi connectivity index (χ4n) is 4.75. The Morgan fingerprint density at radius 1 is 0.653 bits per heavy atom. The predicted molar refractivity (Wildman–Crippen MR) is 166 cm³/mol. The quantitative estimate of drug-likeness (QED) is 0.0686. The summed E-state index contributed by atoms with van der Waals surface area (Å²) in [4.78, 5) is 11.9. The van der Waals surface area contributed by atoms with Crippen LogP contribution in [0, 0.1) is 0 Å². The van der Waals surface area contributed by atoms with E-state index in [1.807, 2.05) is 0 Å². The van der Waals surface area contributed by atoms with Crippen LogP contribution in [-0.4, -0.2) is 49.7 Å². The minimum absolute atomic E-state index is 0.212. The normalized spacial score (nSPS) is 13.3. The van der Waals surface area contributed by atoms with Crippen molar-refractivity contribution >= 4 is 49.7 Å². The standard InChI is InChI=1S/C32H24F9N2O4PS/c1-2-47-28(44)27(48(22-14-6-3-7-15-22,23-16-8-4-9-17-23)24-18-10-5-11-19-24)43-42-25-20-12-13-21-26(25)49(45,46)32(40,41)30(35,36)29(33,34)31(37,38)39/h3-21H,2H2,1H3. The Morgan fingerprint density at radius 2 is 1.06 bits per heavy atom. The molecular weight excluding hydrogens is 710 g/mol. The van der Waals surface area contributed by atoms with Crippen molar-refractivity contribution in [2.45, 2.75) is 35.1 Å². The maximum atomic E-state index is 14.9. The number of hydrogen-bond acceptors (Lipinski definition) is 5. The Morgan fingerprint density at radius 3 is 1.47 bits per heavy atom. The van der Waals surface area contributed by atoms with Crippen LogP contribution >= 0.6 is 6.89 Å². The van der Waals surface area contributed by atoms with E-state index >= 15 is 0 Å². The third-order valence-corrected chi connectivity index (χ3v) is 13.0. The van der Waals surface area contributed by atoms with Crippen molar-refractivity contribution < 1.29 is 57.5 Å². The molecule has 6 nitrogen and oxygen atoms in total. The number of sulfone groups is 1. The number of azo groups is 1. The molecular formula is C32H24F9N2O4PS. The van der Waals surface area contributed by atoms with Gasteiger partial charge in [0.1, 0.15) is 10.6 Å². The summed E-state index contributed by atoms with van der Waals surface area (Å²) in [6.07, 6.45) is -7.25. The summed E-state index contributed by atoms with van der Waals surface area (Å²) >= 11 is 0. The van der Waals surface area contributed by atoms with Crippen LogP contribution in [0.15, 0.2) is 130 Å². The first-order valence-corrected chi connectivity index (χ1v) is 17.2. The molecule has 4 aromatic rings. The molecule has 0 aromatic heterocycles. The third kappa shape index (κ3) is 6.39. The molecule has 0 saturated carbocycles. The number of benzene rings is 4. The van der Waals surface area contributed by atoms with Gasteiger partial charge >= 0.3 is 29.2 Å². The number of esters is 1. The predicted octanol–water partition coefficient (Wildman–Crippen LogP) is 7.66. The van der Waals surface area contributed by atoms with Crippen LogP contribution in [0.5, 0.6) is 0 Å². The SMILES string of the molecule is CCOC(=O)C(N=Nc1ccccc1S(=O)(=O)C(F)(F)C(F)(F)C(F)(F)C(F)(F)F)=P(c1ccccc1)(c1ccccc1)c1ccccc1. The monoisotopic (exact) mass is 734 g/mol. The van der Waals surface area contributed by atoms with Gasteiger partial charge in [-0.1, -0.05) is 103 Å². The van der Waals surface area contributed by atoms with Gasteiger partial charge in [0, 0.05) is 6.89 Å². The largest absolute Gasteiger partial charge is 0.461 e. The summed E-state index contributed by atoms with van der Waals surface area (Å²) in [6.45, 7) is -2.25. The van der Waals surface area contributed by atoms with Gasteiger partial charge in [0.15, 0.2) is 5.42 Å². The Hall–Kier alpha value is -4.43. The van der Waals surface area contributed by atoms with Gasteiger partial charge < -0.3 is 4.74 Å². The van der Waals surface area contributed by atoms with Crippen molar-refractivity contribution in [1.29, 1.82) is 0 Å². The van der Waals surface area contributed by atoms with Crippen molar-refractivity contribution in [3.05, 3.63) is 115 Å². The third-order valence-electron chi connectivity index (χ3n) is 7.07. The Labute approximate surface area is 274 Å². The molecule has 0 aliphatic carbocycles. The lowest BCUT2D eigenvalue weighted by atomic mass is 10.1. The van der Waals surface area contributed by atoms with E-state index in [1.54, 1.807) is 91.0 Å². The van der Waals surface area contributed by atoms with Crippen molar-refractivity contribution in [2.75, 3.05) is 6.61 Å². The van der Waals surface area contributed by atoms with Crippen LogP contribution in [0.3, 0.4) is 0 Å². The van der Waals surface area contributed by atoms with Gasteiger partial charge in [0.05, 0.1) is 6.61 Å². The lowest BCUT2D eigenvalue weighted by molar-refractivity contribution is -0.382. The molecule has 0 fully saturated rings. The van der Waals surface area contributed by atoms with E-state index in [4.69, 9.17) is 4.74 Å². The zero-order valence-electron chi connectivity index (χ0n) is 25.0. The molecule has 0 bridgehead atoms. The summed E-state index contributed by atoms with van der Waals surface area (Å²) in [6, 6.07) is 27.5. The summed E-state index contributed by atoms with van der Waals surface area (Å²) in [5.74, 6) is -16.0. The molecule has 4 aromatic carbocycles. The molecule has 0 amide bonds. The molecule has 260 valence electrons. The summed E-state index contributed by atoms with van der Waals surface area (Å²) in [5, 5.41) is 2.11. The van der Waals surface area contributed by atoms with Gasteiger partial charge in [0.25, 0.3) is 9.84 Å². The highest BCUT2D eigenvalue weighted by atomic mass is 32.2. The zero-order valence-corrected chi connectivity index (χ0v) is 26.7. The van der Waals surface area contributed by atoms with Gasteiger partial charge in [-0.05, 0) is 35.0 Å². The molecule has 0 heterocycles. The topological polar surface area (TPSA) is 85.2 Å². The van der Waals surface area contributed by atoms with E-state index in [0.717, 1.165) is 6.07 Å². The first-order valence-electron chi connectivity index (χ1n) is 13.9. The molecule has 0 aliphatic rings. The molecule has 17 heteroatoms. The Balaban J connectivity index is 2.10. The fourth-order valence-corrected chi connectivity index (χ4v) is 10.1. The molecule has 0 unspecified atom stereocenters. The molecule has 0 atom stereocenters. The maximum absolute atomic E-state index is 14.9. The van der Waals surface area contributed by atoms with E-state index < -0.39 is 62.0 Å². The van der Waals surface area contributed by atoms with Crippen LogP contribution in [0.2, 0.25) is 0 Å². The minimum Gasteiger partial charge on any atom is -0.461 e. The van der Waals surface area contributed by atoms with E-state index in [-0.39, 0.29) is 12.7 Å². The summed E-state index contributed by atoms with van der Waals surface area (Å²) in [5.41, 5.74) is -1.66. The number of carbonyl (C=O) groups is 1. The van der Waals surface area contributed by atoms with Gasteiger partial charge in [-0.15, -0.1) is 10.2 Å². The second-order valence-electron chi connectivity index (χ2n) is 10.1. The zero-order chi connectivity index (χ0) is 36.3. The van der Waals surface area contributed by atoms with Crippen LogP contribution in [0.4, 0.5) is 45.2 Å². The van der Waals surface area contributed by atoms with Gasteiger partial charge in [-0.2, -0.15) is 39.5 Å². The van der Waals surface area contributed by atoms with E-state index in [2.05, 4.69) is 10.2 Å². The number of carbonyl (C=O) groups excluding carboxylic acids is 1. The van der Waals surface area contributed by atoms with Crippen molar-refractivity contribution in [2.24, 2.45) is 10.2 Å². The number of halogens is 9. The minimum atomic E-state index is -7.47. The molecule has 0 saturated heterocycles. The molecule has 0 spiro atoms. The van der Waals surface area contributed by atoms with Crippen molar-refractivity contribution in [1.82, 2.24) is 0 Å². The molecule has 0 aliphatic heterocycles.